The zero-order chi connectivity index (χ0) is 34.7. The topological polar surface area (TPSA) is 153 Å². The summed E-state index contributed by atoms with van der Waals surface area (Å²) < 4.78 is 28.6. The largest absolute Gasteiger partial charge is 0.329 e. The highest BCUT2D eigenvalue weighted by atomic mass is 32.2. The molecule has 1 fully saturated rings. The number of piperidine rings is 1. The van der Waals surface area contributed by atoms with Crippen LogP contribution in [0.5, 0.6) is 0 Å². The maximum absolute atomic E-state index is 14.4. The third-order valence-corrected chi connectivity index (χ3v) is 10.6. The maximum Gasteiger partial charge on any atom is 0.279 e. The number of aryl methyl sites for hydroxylation is 1. The summed E-state index contributed by atoms with van der Waals surface area (Å²) in [5.41, 5.74) is 3.42. The SMILES string of the molecule is CCc1ccc(NC(=O)CN(Cc2ccccc2CNC)C(=O)C2(CC)CCN(S(=O)(=O)NC)CC2)cc1CC(=O)Nc1ccccn1. The number of carbonyl (C=O) groups is 3. The van der Waals surface area contributed by atoms with Crippen LogP contribution in [-0.2, 0) is 50.5 Å². The predicted molar refractivity (Wildman–Crippen MR) is 187 cm³/mol. The molecule has 3 aromatic rings. The summed E-state index contributed by atoms with van der Waals surface area (Å²) in [5, 5.41) is 8.92. The molecule has 2 heterocycles. The van der Waals surface area contributed by atoms with E-state index in [1.54, 1.807) is 41.4 Å². The van der Waals surface area contributed by atoms with Crippen LogP contribution in [0.2, 0.25) is 0 Å². The lowest BCUT2D eigenvalue weighted by molar-refractivity contribution is -0.147. The minimum Gasteiger partial charge on any atom is -0.329 e. The third-order valence-electron chi connectivity index (χ3n) is 9.03. The van der Waals surface area contributed by atoms with Crippen LogP contribution in [0.1, 0.15) is 55.4 Å². The maximum atomic E-state index is 14.4. The smallest absolute Gasteiger partial charge is 0.279 e. The zero-order valence-electron chi connectivity index (χ0n) is 28.2. The molecule has 0 bridgehead atoms. The van der Waals surface area contributed by atoms with Crippen LogP contribution in [-0.4, -0.2) is 74.1 Å². The van der Waals surface area contributed by atoms with Gasteiger partial charge in [-0.3, -0.25) is 14.4 Å². The molecule has 13 heteroatoms. The Kier molecular flexibility index (Phi) is 12.8. The van der Waals surface area contributed by atoms with Gasteiger partial charge in [-0.1, -0.05) is 50.2 Å². The number of nitrogens with one attached hydrogen (secondary N) is 4. The average Bonchev–Trinajstić information content (AvgIpc) is 3.09. The number of aromatic nitrogens is 1. The minimum absolute atomic E-state index is 0.107. The monoisotopic (exact) mass is 677 g/mol. The van der Waals surface area contributed by atoms with Crippen molar-refractivity contribution in [2.45, 2.75) is 59.0 Å². The second-order valence-electron chi connectivity index (χ2n) is 12.0. The molecule has 4 rings (SSSR count). The Morgan fingerprint density at radius 3 is 2.21 bits per heavy atom. The molecule has 0 spiro atoms. The van der Waals surface area contributed by atoms with E-state index in [1.165, 1.54) is 11.4 Å². The molecule has 0 atom stereocenters. The van der Waals surface area contributed by atoms with Gasteiger partial charge in [0.1, 0.15) is 12.4 Å². The van der Waals surface area contributed by atoms with Crippen molar-refractivity contribution in [1.82, 2.24) is 24.2 Å². The summed E-state index contributed by atoms with van der Waals surface area (Å²) in [4.78, 5) is 46.7. The number of hydrogen-bond donors (Lipinski definition) is 4. The van der Waals surface area contributed by atoms with Crippen molar-refractivity contribution in [3.05, 3.63) is 89.1 Å². The van der Waals surface area contributed by atoms with E-state index in [2.05, 4.69) is 25.7 Å². The van der Waals surface area contributed by atoms with Crippen LogP contribution in [0, 0.1) is 5.41 Å². The van der Waals surface area contributed by atoms with Crippen molar-refractivity contribution in [3.8, 4) is 0 Å². The molecule has 2 aromatic carbocycles. The van der Waals surface area contributed by atoms with Crippen LogP contribution in [0.3, 0.4) is 0 Å². The van der Waals surface area contributed by atoms with Crippen LogP contribution in [0.4, 0.5) is 11.5 Å². The third kappa shape index (κ3) is 9.25. The predicted octanol–water partition coefficient (Wildman–Crippen LogP) is 3.47. The van der Waals surface area contributed by atoms with Gasteiger partial charge in [-0.25, -0.2) is 9.71 Å². The van der Waals surface area contributed by atoms with Gasteiger partial charge < -0.3 is 20.9 Å². The number of carbonyl (C=O) groups excluding carboxylic acids is 3. The fourth-order valence-electron chi connectivity index (χ4n) is 6.20. The van der Waals surface area contributed by atoms with Crippen LogP contribution < -0.4 is 20.7 Å². The fraction of sp³-hybridized carbons (Fsp3) is 0.429. The standard InChI is InChI=1S/C35H47N7O5S/c1-5-26-14-15-30(21-29(26)22-32(43)40-31-13-9-10-18-38-31)39-33(44)25-41(24-28-12-8-7-11-27(28)23-36-3)34(45)35(6-2)16-19-42(20-17-35)48(46,47)37-4/h7-15,18,21,36-37H,5-6,16-17,19-20,22-25H2,1-4H3,(H,39,44)(H,38,40,43). The molecular formula is C35H47N7O5S. The van der Waals surface area contributed by atoms with Crippen LogP contribution in [0.15, 0.2) is 66.9 Å². The Hall–Kier alpha value is -4.17. The first-order valence-corrected chi connectivity index (χ1v) is 17.8. The molecule has 3 amide bonds. The van der Waals surface area contributed by atoms with E-state index in [9.17, 15) is 22.8 Å². The van der Waals surface area contributed by atoms with E-state index < -0.39 is 15.6 Å². The van der Waals surface area contributed by atoms with Gasteiger partial charge in [0.05, 0.1) is 11.8 Å². The van der Waals surface area contributed by atoms with Crippen molar-refractivity contribution < 1.29 is 22.8 Å². The molecule has 1 aromatic heterocycles. The number of amides is 3. The lowest BCUT2D eigenvalue weighted by Gasteiger charge is -2.42. The molecule has 1 saturated heterocycles. The number of pyridine rings is 1. The Morgan fingerprint density at radius 1 is 0.875 bits per heavy atom. The summed E-state index contributed by atoms with van der Waals surface area (Å²) in [5.74, 6) is -0.300. The van der Waals surface area contributed by atoms with Gasteiger partial charge in [-0.05, 0) is 79.3 Å². The molecule has 258 valence electrons. The van der Waals surface area contributed by atoms with Crippen molar-refractivity contribution in [1.29, 1.82) is 0 Å². The first-order valence-electron chi connectivity index (χ1n) is 16.4. The van der Waals surface area contributed by atoms with Gasteiger partial charge in [-0.15, -0.1) is 0 Å². The number of rotatable bonds is 15. The van der Waals surface area contributed by atoms with Crippen molar-refractivity contribution >= 4 is 39.4 Å². The van der Waals surface area contributed by atoms with E-state index in [0.717, 1.165) is 22.3 Å². The fourth-order valence-corrected chi connectivity index (χ4v) is 7.12. The molecule has 4 N–H and O–H groups in total. The van der Waals surface area contributed by atoms with Crippen molar-refractivity contribution in [2.75, 3.05) is 44.4 Å². The summed E-state index contributed by atoms with van der Waals surface area (Å²) in [6.07, 6.45) is 3.63. The lowest BCUT2D eigenvalue weighted by atomic mass is 9.75. The normalized spacial score (nSPS) is 14.7. The number of hydrogen-bond acceptors (Lipinski definition) is 7. The van der Waals surface area contributed by atoms with E-state index in [0.29, 0.717) is 43.7 Å². The molecule has 12 nitrogen and oxygen atoms in total. The van der Waals surface area contributed by atoms with E-state index >= 15 is 0 Å². The molecule has 48 heavy (non-hydrogen) atoms. The van der Waals surface area contributed by atoms with Gasteiger partial charge in [0.25, 0.3) is 10.2 Å². The first kappa shape index (κ1) is 36.7. The highest BCUT2D eigenvalue weighted by Crippen LogP contribution is 2.38. The molecule has 0 unspecified atom stereocenters. The molecule has 1 aliphatic heterocycles. The number of benzene rings is 2. The van der Waals surface area contributed by atoms with Crippen LogP contribution >= 0.6 is 0 Å². The summed E-state index contributed by atoms with van der Waals surface area (Å²) in [7, 11) is -0.383. The molecule has 0 saturated carbocycles. The van der Waals surface area contributed by atoms with Crippen molar-refractivity contribution in [2.24, 2.45) is 5.41 Å². The molecule has 0 radical (unpaired) electrons. The summed E-state index contributed by atoms with van der Waals surface area (Å²) in [6.45, 7) is 4.98. The van der Waals surface area contributed by atoms with E-state index in [-0.39, 0.29) is 50.3 Å². The van der Waals surface area contributed by atoms with Gasteiger partial charge in [0.2, 0.25) is 17.7 Å². The van der Waals surface area contributed by atoms with Gasteiger partial charge in [-0.2, -0.15) is 12.7 Å². The number of nitrogens with zero attached hydrogens (tertiary/aromatic N) is 3. The minimum atomic E-state index is -3.61. The Labute approximate surface area is 283 Å². The Morgan fingerprint density at radius 2 is 1.58 bits per heavy atom. The van der Waals surface area contributed by atoms with E-state index in [1.807, 2.05) is 51.2 Å². The van der Waals surface area contributed by atoms with Gasteiger partial charge in [0.15, 0.2) is 0 Å². The Bertz CT molecular complexity index is 1680. The molecule has 0 aliphatic carbocycles. The summed E-state index contributed by atoms with van der Waals surface area (Å²) >= 11 is 0. The second kappa shape index (κ2) is 16.8. The summed E-state index contributed by atoms with van der Waals surface area (Å²) in [6, 6.07) is 18.6. The Balaban J connectivity index is 1.55. The first-order chi connectivity index (χ1) is 23.0. The molecule has 1 aliphatic rings. The quantitative estimate of drug-likeness (QED) is 0.192. The van der Waals surface area contributed by atoms with Crippen molar-refractivity contribution in [3.63, 3.8) is 0 Å². The highest BCUT2D eigenvalue weighted by Gasteiger charge is 2.44. The van der Waals surface area contributed by atoms with E-state index in [4.69, 9.17) is 0 Å². The zero-order valence-corrected chi connectivity index (χ0v) is 29.0. The number of anilines is 2. The second-order valence-corrected chi connectivity index (χ2v) is 13.9. The van der Waals surface area contributed by atoms with Crippen LogP contribution in [0.25, 0.3) is 0 Å². The highest BCUT2D eigenvalue weighted by molar-refractivity contribution is 7.87. The van der Waals surface area contributed by atoms with Gasteiger partial charge >= 0.3 is 0 Å². The van der Waals surface area contributed by atoms with Gasteiger partial charge in [0, 0.05) is 45.1 Å². The molecular weight excluding hydrogens is 630 g/mol. The lowest BCUT2D eigenvalue weighted by Crippen LogP contribution is -2.53. The average molecular weight is 678 g/mol.